The average Bonchev–Trinajstić information content (AvgIpc) is 2.53. The monoisotopic (exact) mass is 376 g/mol. The molecule has 27 heavy (non-hydrogen) atoms. The zero-order valence-electron chi connectivity index (χ0n) is 17.6. The Morgan fingerprint density at radius 2 is 1.81 bits per heavy atom. The molecule has 4 nitrogen and oxygen atoms in total. The van der Waals surface area contributed by atoms with Crippen molar-refractivity contribution in [3.8, 4) is 0 Å². The minimum absolute atomic E-state index is 0.0435. The maximum Gasteiger partial charge on any atom is 0.335 e. The van der Waals surface area contributed by atoms with Crippen molar-refractivity contribution in [2.45, 2.75) is 86.0 Å². The quantitative estimate of drug-likeness (QED) is 0.290. The Hall–Kier alpha value is -1.97. The minimum Gasteiger partial charge on any atom is -0.512 e. The number of allylic oxidation sites excluding steroid dienone is 6. The highest BCUT2D eigenvalue weighted by molar-refractivity contribution is 5.90. The molecule has 1 aliphatic rings. The van der Waals surface area contributed by atoms with E-state index in [0.717, 1.165) is 37.7 Å². The standard InChI is InChI=1S/C23H36O4/c1-6-7-8-14-23(5)15-19(24)18(21(25)20(23)22(26)27)13-12-17(4)11-9-10-16(2)3/h10,12,24-25H,6-9,11,13-15H2,1-5H3,(H,26,27)/b17-12+. The lowest BCUT2D eigenvalue weighted by atomic mass is 9.69. The second-order valence-corrected chi connectivity index (χ2v) is 8.22. The second kappa shape index (κ2) is 10.4. The molecule has 1 aliphatic carbocycles. The Morgan fingerprint density at radius 3 is 2.37 bits per heavy atom. The van der Waals surface area contributed by atoms with Gasteiger partial charge in [0.2, 0.25) is 0 Å². The van der Waals surface area contributed by atoms with E-state index in [2.05, 4.69) is 26.8 Å². The third kappa shape index (κ3) is 6.60. The fraction of sp³-hybridized carbons (Fsp3) is 0.609. The number of carboxylic acid groups (broad SMARTS) is 1. The lowest BCUT2D eigenvalue weighted by Gasteiger charge is -2.35. The average molecular weight is 377 g/mol. The van der Waals surface area contributed by atoms with Gasteiger partial charge in [-0.1, -0.05) is 56.4 Å². The molecule has 0 fully saturated rings. The largest absolute Gasteiger partial charge is 0.512 e. The second-order valence-electron chi connectivity index (χ2n) is 8.22. The van der Waals surface area contributed by atoms with Crippen molar-refractivity contribution >= 4 is 5.97 Å². The number of aliphatic hydroxyl groups is 2. The zero-order chi connectivity index (χ0) is 20.6. The molecule has 1 rings (SSSR count). The molecule has 0 saturated heterocycles. The number of aliphatic carboxylic acids is 1. The summed E-state index contributed by atoms with van der Waals surface area (Å²) in [6.07, 6.45) is 10.2. The molecule has 0 radical (unpaired) electrons. The van der Waals surface area contributed by atoms with Gasteiger partial charge < -0.3 is 15.3 Å². The molecule has 152 valence electrons. The summed E-state index contributed by atoms with van der Waals surface area (Å²) in [6, 6.07) is 0. The van der Waals surface area contributed by atoms with E-state index in [0.29, 0.717) is 18.4 Å². The SMILES string of the molecule is CCCCCC1(C)CC(O)=C(C/C=C(\C)CCC=C(C)C)C(O)=C1C(=O)O. The molecule has 0 saturated carbocycles. The van der Waals surface area contributed by atoms with Gasteiger partial charge >= 0.3 is 5.97 Å². The van der Waals surface area contributed by atoms with Crippen LogP contribution in [0.1, 0.15) is 86.0 Å². The number of unbranched alkanes of at least 4 members (excludes halogenated alkanes) is 2. The van der Waals surface area contributed by atoms with Gasteiger partial charge in [-0.05, 0) is 46.5 Å². The maximum atomic E-state index is 11.9. The Balaban J connectivity index is 3.02. The first kappa shape index (κ1) is 23.1. The van der Waals surface area contributed by atoms with Crippen molar-refractivity contribution in [2.24, 2.45) is 5.41 Å². The van der Waals surface area contributed by atoms with E-state index < -0.39 is 11.4 Å². The molecular weight excluding hydrogens is 340 g/mol. The van der Waals surface area contributed by atoms with Crippen molar-refractivity contribution < 1.29 is 20.1 Å². The van der Waals surface area contributed by atoms with Gasteiger partial charge in [0.05, 0.1) is 5.57 Å². The first-order valence-corrected chi connectivity index (χ1v) is 9.99. The van der Waals surface area contributed by atoms with E-state index in [4.69, 9.17) is 0 Å². The first-order chi connectivity index (χ1) is 12.6. The van der Waals surface area contributed by atoms with Gasteiger partial charge in [0, 0.05) is 17.4 Å². The topological polar surface area (TPSA) is 77.8 Å². The molecule has 0 heterocycles. The Labute approximate surface area is 164 Å². The van der Waals surface area contributed by atoms with Gasteiger partial charge in [0.1, 0.15) is 11.5 Å². The minimum atomic E-state index is -1.10. The highest BCUT2D eigenvalue weighted by Crippen LogP contribution is 2.46. The molecule has 4 heteroatoms. The van der Waals surface area contributed by atoms with E-state index in [9.17, 15) is 20.1 Å². The molecule has 0 aliphatic heterocycles. The lowest BCUT2D eigenvalue weighted by Crippen LogP contribution is -2.31. The summed E-state index contributed by atoms with van der Waals surface area (Å²) < 4.78 is 0. The van der Waals surface area contributed by atoms with Gasteiger partial charge in [0.25, 0.3) is 0 Å². The van der Waals surface area contributed by atoms with Gasteiger partial charge in [-0.2, -0.15) is 0 Å². The van der Waals surface area contributed by atoms with Crippen molar-refractivity contribution in [1.82, 2.24) is 0 Å². The third-order valence-corrected chi connectivity index (χ3v) is 5.32. The molecule has 3 N–H and O–H groups in total. The van der Waals surface area contributed by atoms with E-state index in [1.165, 1.54) is 5.57 Å². The summed E-state index contributed by atoms with van der Waals surface area (Å²) in [7, 11) is 0. The number of hydrogen-bond donors (Lipinski definition) is 3. The Bertz CT molecular complexity index is 660. The van der Waals surface area contributed by atoms with Crippen LogP contribution in [0.15, 0.2) is 46.0 Å². The van der Waals surface area contributed by atoms with Gasteiger partial charge in [0.15, 0.2) is 0 Å². The molecular formula is C23H36O4. The third-order valence-electron chi connectivity index (χ3n) is 5.32. The lowest BCUT2D eigenvalue weighted by molar-refractivity contribution is -0.134. The molecule has 0 aromatic carbocycles. The van der Waals surface area contributed by atoms with Crippen LogP contribution in [-0.4, -0.2) is 21.3 Å². The van der Waals surface area contributed by atoms with E-state index in [1.807, 2.05) is 19.9 Å². The van der Waals surface area contributed by atoms with Gasteiger partial charge in [-0.3, -0.25) is 0 Å². The first-order valence-electron chi connectivity index (χ1n) is 9.99. The number of carbonyl (C=O) groups is 1. The van der Waals surface area contributed by atoms with Gasteiger partial charge in [-0.15, -0.1) is 0 Å². The summed E-state index contributed by atoms with van der Waals surface area (Å²) in [6.45, 7) is 10.1. The van der Waals surface area contributed by atoms with Crippen molar-refractivity contribution in [2.75, 3.05) is 0 Å². The van der Waals surface area contributed by atoms with Crippen molar-refractivity contribution in [3.05, 3.63) is 46.0 Å². The number of carboxylic acids is 1. The smallest absolute Gasteiger partial charge is 0.335 e. The highest BCUT2D eigenvalue weighted by Gasteiger charge is 2.41. The maximum absolute atomic E-state index is 11.9. The zero-order valence-corrected chi connectivity index (χ0v) is 17.6. The summed E-state index contributed by atoms with van der Waals surface area (Å²) in [5, 5.41) is 30.9. The molecule has 1 atom stereocenters. The van der Waals surface area contributed by atoms with E-state index in [1.54, 1.807) is 0 Å². The van der Waals surface area contributed by atoms with Crippen LogP contribution in [0.3, 0.4) is 0 Å². The van der Waals surface area contributed by atoms with Crippen LogP contribution in [0, 0.1) is 5.41 Å². The number of rotatable bonds is 10. The van der Waals surface area contributed by atoms with Crippen LogP contribution in [0.2, 0.25) is 0 Å². The summed E-state index contributed by atoms with van der Waals surface area (Å²) in [5.41, 5.74) is 2.10. The number of hydrogen-bond acceptors (Lipinski definition) is 3. The van der Waals surface area contributed by atoms with Crippen LogP contribution >= 0.6 is 0 Å². The molecule has 0 aromatic heterocycles. The summed E-state index contributed by atoms with van der Waals surface area (Å²) in [5.74, 6) is -1.23. The fourth-order valence-electron chi connectivity index (χ4n) is 3.66. The van der Waals surface area contributed by atoms with Crippen molar-refractivity contribution in [1.29, 1.82) is 0 Å². The normalized spacial score (nSPS) is 20.9. The van der Waals surface area contributed by atoms with Gasteiger partial charge in [-0.25, -0.2) is 4.79 Å². The highest BCUT2D eigenvalue weighted by atomic mass is 16.4. The van der Waals surface area contributed by atoms with Crippen LogP contribution in [0.5, 0.6) is 0 Å². The van der Waals surface area contributed by atoms with Crippen molar-refractivity contribution in [3.63, 3.8) is 0 Å². The predicted molar refractivity (Wildman–Crippen MR) is 111 cm³/mol. The van der Waals surface area contributed by atoms with E-state index in [-0.39, 0.29) is 23.5 Å². The molecule has 0 aromatic rings. The summed E-state index contributed by atoms with van der Waals surface area (Å²) >= 11 is 0. The van der Waals surface area contributed by atoms with Crippen LogP contribution in [0.4, 0.5) is 0 Å². The van der Waals surface area contributed by atoms with Crippen LogP contribution in [-0.2, 0) is 4.79 Å². The molecule has 1 unspecified atom stereocenters. The van der Waals surface area contributed by atoms with E-state index >= 15 is 0 Å². The Morgan fingerprint density at radius 1 is 1.15 bits per heavy atom. The summed E-state index contributed by atoms with van der Waals surface area (Å²) in [4.78, 5) is 11.9. The fourth-order valence-corrected chi connectivity index (χ4v) is 3.66. The number of aliphatic hydroxyl groups excluding tert-OH is 2. The van der Waals surface area contributed by atoms with Crippen LogP contribution in [0.25, 0.3) is 0 Å². The molecule has 0 amide bonds. The molecule has 0 spiro atoms. The Kier molecular flexibility index (Phi) is 8.87. The van der Waals surface area contributed by atoms with Crippen LogP contribution < -0.4 is 0 Å². The predicted octanol–water partition coefficient (Wildman–Crippen LogP) is 6.77. The molecule has 0 bridgehead atoms.